The Morgan fingerprint density at radius 3 is 2.07 bits per heavy atom. The molecule has 0 radical (unpaired) electrons. The molecule has 1 saturated heterocycles. The van der Waals surface area contributed by atoms with Crippen molar-refractivity contribution in [3.63, 3.8) is 0 Å². The van der Waals surface area contributed by atoms with Crippen LogP contribution in [0.2, 0.25) is 0 Å². The molecule has 4 aromatic rings. The molecule has 67 heavy (non-hydrogen) atoms. The Morgan fingerprint density at radius 2 is 1.48 bits per heavy atom. The number of urea groups is 1. The van der Waals surface area contributed by atoms with E-state index in [1.807, 2.05) is 139 Å². The van der Waals surface area contributed by atoms with Crippen LogP contribution < -0.4 is 16.1 Å². The first kappa shape index (κ1) is 51.8. The Labute approximate surface area is 396 Å². The third-order valence-electron chi connectivity index (χ3n) is 11.5. The highest BCUT2D eigenvalue weighted by Gasteiger charge is 2.45. The topological polar surface area (TPSA) is 186 Å². The lowest BCUT2D eigenvalue weighted by Crippen LogP contribution is -2.61. The molecule has 15 heteroatoms. The fourth-order valence-corrected chi connectivity index (χ4v) is 8.22. The summed E-state index contributed by atoms with van der Waals surface area (Å²) in [7, 11) is 0. The zero-order chi connectivity index (χ0) is 49.1. The number of aryl methyl sites for hydroxylation is 1. The van der Waals surface area contributed by atoms with Gasteiger partial charge in [-0.2, -0.15) is 0 Å². The number of hydrogen-bond acceptors (Lipinski definition) is 10. The monoisotopic (exact) mass is 919 g/mol. The SMILES string of the molecule is Cc1cccc(CN2CCN([C@H](C(=O)N[C@@H](Cc3ccccc3)[C@@H](O)C[C@H](Cc3ccc(-c4ccccn4)cc3)NC(=O)[C@@H](NN(CC=O)C(=O)OC(C)(C)C)C(C)(C)C)C(C)(C)C)C2=O)n1. The number of carbonyl (C=O) groups excluding carboxylic acids is 5. The van der Waals surface area contributed by atoms with Crippen molar-refractivity contribution in [2.75, 3.05) is 19.6 Å². The number of nitrogens with zero attached hydrogens (tertiary/aromatic N) is 5. The van der Waals surface area contributed by atoms with Crippen molar-refractivity contribution in [3.8, 4) is 11.3 Å². The molecule has 4 N–H and O–H groups in total. The van der Waals surface area contributed by atoms with E-state index in [2.05, 4.69) is 26.0 Å². The lowest BCUT2D eigenvalue weighted by Gasteiger charge is -2.38. The predicted molar refractivity (Wildman–Crippen MR) is 258 cm³/mol. The molecule has 0 bridgehead atoms. The minimum absolute atomic E-state index is 0.00654. The van der Waals surface area contributed by atoms with Gasteiger partial charge in [0.1, 0.15) is 24.0 Å². The van der Waals surface area contributed by atoms with Gasteiger partial charge in [0.15, 0.2) is 0 Å². The number of ether oxygens (including phenoxy) is 1. The van der Waals surface area contributed by atoms with Crippen molar-refractivity contribution in [3.05, 3.63) is 120 Å². The predicted octanol–water partition coefficient (Wildman–Crippen LogP) is 6.67. The molecule has 5 atom stereocenters. The van der Waals surface area contributed by atoms with Crippen LogP contribution >= 0.6 is 0 Å². The van der Waals surface area contributed by atoms with Crippen LogP contribution in [0.5, 0.6) is 0 Å². The molecular weight excluding hydrogens is 849 g/mol. The zero-order valence-electron chi connectivity index (χ0n) is 40.8. The highest BCUT2D eigenvalue weighted by Crippen LogP contribution is 2.30. The van der Waals surface area contributed by atoms with Crippen LogP contribution in [0, 0.1) is 17.8 Å². The van der Waals surface area contributed by atoms with E-state index >= 15 is 0 Å². The summed E-state index contributed by atoms with van der Waals surface area (Å²) in [5, 5.41) is 19.7. The third kappa shape index (κ3) is 15.2. The van der Waals surface area contributed by atoms with Gasteiger partial charge >= 0.3 is 12.1 Å². The first-order valence-corrected chi connectivity index (χ1v) is 23.0. The molecule has 1 aliphatic rings. The maximum Gasteiger partial charge on any atom is 0.425 e. The van der Waals surface area contributed by atoms with E-state index in [9.17, 15) is 29.1 Å². The smallest absolute Gasteiger partial charge is 0.425 e. The van der Waals surface area contributed by atoms with Crippen LogP contribution in [-0.2, 0) is 38.5 Å². The van der Waals surface area contributed by atoms with Gasteiger partial charge in [-0.15, -0.1) is 0 Å². The van der Waals surface area contributed by atoms with Crippen molar-refractivity contribution in [1.82, 2.24) is 40.8 Å². The van der Waals surface area contributed by atoms with Crippen LogP contribution in [0.25, 0.3) is 11.3 Å². The maximum absolute atomic E-state index is 14.7. The number of aldehydes is 1. The molecule has 0 aliphatic carbocycles. The van der Waals surface area contributed by atoms with Crippen molar-refractivity contribution in [2.24, 2.45) is 10.8 Å². The molecule has 0 saturated carbocycles. The molecule has 1 fully saturated rings. The molecule has 0 unspecified atom stereocenters. The molecule has 5 amide bonds. The molecule has 2 aromatic carbocycles. The van der Waals surface area contributed by atoms with Crippen LogP contribution in [-0.4, -0.2) is 116 Å². The summed E-state index contributed by atoms with van der Waals surface area (Å²) in [4.78, 5) is 80.8. The number of nitrogens with one attached hydrogen (secondary N) is 3. The fourth-order valence-electron chi connectivity index (χ4n) is 8.22. The summed E-state index contributed by atoms with van der Waals surface area (Å²) in [5.74, 6) is -0.889. The summed E-state index contributed by atoms with van der Waals surface area (Å²) < 4.78 is 5.55. The molecule has 2 aromatic heterocycles. The number of benzene rings is 2. The number of aliphatic hydroxyl groups is 1. The van der Waals surface area contributed by atoms with Gasteiger partial charge in [0.05, 0.1) is 36.6 Å². The number of pyridine rings is 2. The quantitative estimate of drug-likeness (QED) is 0.0585. The van der Waals surface area contributed by atoms with Crippen LogP contribution in [0.4, 0.5) is 9.59 Å². The lowest BCUT2D eigenvalue weighted by atomic mass is 9.84. The second kappa shape index (κ2) is 22.5. The number of aliphatic hydroxyl groups excluding tert-OH is 1. The Bertz CT molecular complexity index is 2270. The molecule has 0 spiro atoms. The highest BCUT2D eigenvalue weighted by molar-refractivity contribution is 5.89. The van der Waals surface area contributed by atoms with Crippen molar-refractivity contribution in [2.45, 2.75) is 131 Å². The molecule has 3 heterocycles. The van der Waals surface area contributed by atoms with Gasteiger partial charge in [-0.1, -0.05) is 108 Å². The van der Waals surface area contributed by atoms with Gasteiger partial charge in [-0.25, -0.2) is 20.0 Å². The largest absolute Gasteiger partial charge is 0.443 e. The standard InChI is InChI=1S/C52H70N8O7/c1-35-17-16-20-39(54-35)34-58-27-28-59(48(58)65)45(51(5,6)7)47(64)56-42(32-36-18-12-11-13-19-36)43(62)33-40(31-37-22-24-38(25-23-37)41-21-14-15-26-53-41)55-46(63)44(50(2,3)4)57-60(29-30-61)49(66)67-52(8,9)10/h11-26,30,40,42-45,57,62H,27-29,31-34H2,1-10H3,(H,55,63)(H,56,64)/t40-,42-,43-,44+,45+/m0/s1. The summed E-state index contributed by atoms with van der Waals surface area (Å²) >= 11 is 0. The Morgan fingerprint density at radius 1 is 0.806 bits per heavy atom. The second-order valence-corrected chi connectivity index (χ2v) is 20.6. The molecule has 1 aliphatic heterocycles. The van der Waals surface area contributed by atoms with Gasteiger partial charge in [0, 0.05) is 36.6 Å². The molecular formula is C52H70N8O7. The average Bonchev–Trinajstić information content (AvgIpc) is 3.59. The number of aromatic nitrogens is 2. The van der Waals surface area contributed by atoms with Gasteiger partial charge in [-0.3, -0.25) is 19.6 Å². The minimum Gasteiger partial charge on any atom is -0.443 e. The van der Waals surface area contributed by atoms with Crippen LogP contribution in [0.1, 0.15) is 91.2 Å². The summed E-state index contributed by atoms with van der Waals surface area (Å²) in [6, 6.07) is 25.0. The first-order chi connectivity index (χ1) is 31.5. The summed E-state index contributed by atoms with van der Waals surface area (Å²) in [5.41, 5.74) is 5.68. The first-order valence-electron chi connectivity index (χ1n) is 23.0. The van der Waals surface area contributed by atoms with Gasteiger partial charge in [0.2, 0.25) is 11.8 Å². The van der Waals surface area contributed by atoms with E-state index in [1.54, 1.807) is 36.8 Å². The van der Waals surface area contributed by atoms with Crippen LogP contribution in [0.3, 0.4) is 0 Å². The van der Waals surface area contributed by atoms with Crippen molar-refractivity contribution in [1.29, 1.82) is 0 Å². The van der Waals surface area contributed by atoms with Gasteiger partial charge in [0.25, 0.3) is 0 Å². The minimum atomic E-state index is -1.20. The summed E-state index contributed by atoms with van der Waals surface area (Å²) in [6.45, 7) is 19.0. The van der Waals surface area contributed by atoms with Gasteiger partial charge < -0.3 is 35.1 Å². The molecule has 360 valence electrons. The molecule has 5 rings (SSSR count). The van der Waals surface area contributed by atoms with Crippen molar-refractivity contribution >= 4 is 30.2 Å². The number of rotatable bonds is 19. The van der Waals surface area contributed by atoms with Crippen LogP contribution in [0.15, 0.2) is 97.2 Å². The lowest BCUT2D eigenvalue weighted by molar-refractivity contribution is -0.131. The fraction of sp³-hybridized carbons (Fsp3) is 0.481. The number of hydrazine groups is 1. The molecule has 15 nitrogen and oxygen atoms in total. The Kier molecular flexibility index (Phi) is 17.4. The van der Waals surface area contributed by atoms with E-state index in [1.165, 1.54) is 0 Å². The van der Waals surface area contributed by atoms with E-state index in [4.69, 9.17) is 4.74 Å². The van der Waals surface area contributed by atoms with E-state index < -0.39 is 64.6 Å². The Balaban J connectivity index is 1.45. The number of carbonyl (C=O) groups is 5. The van der Waals surface area contributed by atoms with Crippen molar-refractivity contribution < 1.29 is 33.8 Å². The highest BCUT2D eigenvalue weighted by atomic mass is 16.6. The van der Waals surface area contributed by atoms with Gasteiger partial charge in [-0.05, 0) is 93.2 Å². The maximum atomic E-state index is 14.7. The average molecular weight is 919 g/mol. The van der Waals surface area contributed by atoms with E-state index in [0.29, 0.717) is 25.9 Å². The number of hydrogen-bond donors (Lipinski definition) is 4. The third-order valence-corrected chi connectivity index (χ3v) is 11.5. The zero-order valence-corrected chi connectivity index (χ0v) is 40.8. The number of amides is 5. The summed E-state index contributed by atoms with van der Waals surface area (Å²) in [6.07, 6.45) is 0.809. The second-order valence-electron chi connectivity index (χ2n) is 20.6. The normalized spacial score (nSPS) is 15.5. The van der Waals surface area contributed by atoms with E-state index in [0.717, 1.165) is 38.8 Å². The Hall–Kier alpha value is -6.19. The van der Waals surface area contributed by atoms with E-state index in [-0.39, 0.29) is 31.8 Å².